The van der Waals surface area contributed by atoms with E-state index in [1.54, 1.807) is 11.3 Å². The molecule has 1 aliphatic heterocycles. The van der Waals surface area contributed by atoms with Crippen molar-refractivity contribution >= 4 is 22.9 Å². The smallest absolute Gasteiger partial charge is 0.254 e. The molecule has 1 aromatic carbocycles. The molecule has 3 nitrogen and oxygen atoms in total. The predicted octanol–water partition coefficient (Wildman–Crippen LogP) is 3.52. The number of nitrogens with one attached hydrogen (secondary N) is 1. The average molecular weight is 298 g/mol. The summed E-state index contributed by atoms with van der Waals surface area (Å²) in [4.78, 5) is 14.9. The van der Waals surface area contributed by atoms with Gasteiger partial charge in [-0.05, 0) is 59.3 Å². The molecule has 1 aromatic heterocycles. The van der Waals surface area contributed by atoms with Crippen molar-refractivity contribution < 1.29 is 4.79 Å². The van der Waals surface area contributed by atoms with Crippen LogP contribution >= 0.6 is 11.3 Å². The fourth-order valence-electron chi connectivity index (χ4n) is 2.92. The normalized spacial score (nSPS) is 16.4. The van der Waals surface area contributed by atoms with Gasteiger partial charge in [0.1, 0.15) is 0 Å². The molecule has 0 spiro atoms. The number of carbonyl (C=O) groups is 1. The number of amides is 1. The first-order valence-electron chi connectivity index (χ1n) is 7.50. The van der Waals surface area contributed by atoms with Crippen molar-refractivity contribution in [3.05, 3.63) is 51.7 Å². The van der Waals surface area contributed by atoms with Crippen LogP contribution in [0.2, 0.25) is 0 Å². The fraction of sp³-hybridized carbons (Fsp3) is 0.353. The van der Waals surface area contributed by atoms with Gasteiger partial charge in [-0.3, -0.25) is 4.79 Å². The summed E-state index contributed by atoms with van der Waals surface area (Å²) in [6.45, 7) is 1.71. The van der Waals surface area contributed by atoms with Crippen LogP contribution in [-0.2, 0) is 13.0 Å². The lowest BCUT2D eigenvalue weighted by atomic mass is 10.1. The summed E-state index contributed by atoms with van der Waals surface area (Å²) in [5.74, 6) is 0.167. The highest BCUT2D eigenvalue weighted by molar-refractivity contribution is 7.07. The van der Waals surface area contributed by atoms with Crippen LogP contribution in [0, 0.1) is 0 Å². The summed E-state index contributed by atoms with van der Waals surface area (Å²) in [6.07, 6.45) is 3.34. The largest absolute Gasteiger partial charge is 0.384 e. The van der Waals surface area contributed by atoms with Gasteiger partial charge in [0.15, 0.2) is 0 Å². The molecular weight excluding hydrogens is 280 g/mol. The Bertz CT molecular complexity index is 661. The number of nitrogens with zero attached hydrogens (tertiary/aromatic N) is 1. The van der Waals surface area contributed by atoms with Crippen LogP contribution in [-0.4, -0.2) is 23.4 Å². The van der Waals surface area contributed by atoms with Gasteiger partial charge < -0.3 is 10.2 Å². The molecular formula is C17H18N2OS. The first-order valence-corrected chi connectivity index (χ1v) is 8.44. The van der Waals surface area contributed by atoms with E-state index in [0.717, 1.165) is 43.6 Å². The van der Waals surface area contributed by atoms with Crippen molar-refractivity contribution in [3.63, 3.8) is 0 Å². The first-order chi connectivity index (χ1) is 10.3. The summed E-state index contributed by atoms with van der Waals surface area (Å²) in [6, 6.07) is 8.64. The Hall–Kier alpha value is -1.81. The maximum Gasteiger partial charge on any atom is 0.254 e. The number of benzene rings is 1. The summed E-state index contributed by atoms with van der Waals surface area (Å²) in [7, 11) is 0. The third kappa shape index (κ3) is 2.56. The molecule has 1 saturated carbocycles. The van der Waals surface area contributed by atoms with E-state index in [-0.39, 0.29) is 5.91 Å². The number of hydrogen-bond donors (Lipinski definition) is 1. The van der Waals surface area contributed by atoms with Gasteiger partial charge in [-0.1, -0.05) is 6.07 Å². The van der Waals surface area contributed by atoms with E-state index in [4.69, 9.17) is 0 Å². The highest BCUT2D eigenvalue weighted by atomic mass is 32.1. The number of hydrogen-bond acceptors (Lipinski definition) is 3. The van der Waals surface area contributed by atoms with Gasteiger partial charge in [0.2, 0.25) is 0 Å². The molecule has 1 N–H and O–H groups in total. The number of carbonyl (C=O) groups excluding carboxylic acids is 1. The van der Waals surface area contributed by atoms with Crippen molar-refractivity contribution in [1.29, 1.82) is 0 Å². The summed E-state index contributed by atoms with van der Waals surface area (Å²) >= 11 is 1.69. The Kier molecular flexibility index (Phi) is 3.19. The Morgan fingerprint density at radius 2 is 2.24 bits per heavy atom. The zero-order valence-corrected chi connectivity index (χ0v) is 12.7. The zero-order valence-electron chi connectivity index (χ0n) is 11.8. The van der Waals surface area contributed by atoms with Crippen molar-refractivity contribution in [3.8, 4) is 0 Å². The minimum absolute atomic E-state index is 0.167. The van der Waals surface area contributed by atoms with Crippen molar-refractivity contribution in [2.24, 2.45) is 0 Å². The van der Waals surface area contributed by atoms with E-state index >= 15 is 0 Å². The molecule has 4 rings (SSSR count). The molecule has 108 valence electrons. The summed E-state index contributed by atoms with van der Waals surface area (Å²) in [5, 5.41) is 7.56. The van der Waals surface area contributed by atoms with Crippen LogP contribution in [0.3, 0.4) is 0 Å². The van der Waals surface area contributed by atoms with E-state index in [9.17, 15) is 4.79 Å². The summed E-state index contributed by atoms with van der Waals surface area (Å²) < 4.78 is 0. The van der Waals surface area contributed by atoms with Gasteiger partial charge in [0.05, 0.1) is 0 Å². The van der Waals surface area contributed by atoms with Crippen molar-refractivity contribution in [2.75, 3.05) is 11.9 Å². The average Bonchev–Trinajstić information content (AvgIpc) is 3.02. The van der Waals surface area contributed by atoms with Gasteiger partial charge in [-0.15, -0.1) is 0 Å². The number of anilines is 1. The molecule has 2 aliphatic rings. The molecule has 0 unspecified atom stereocenters. The minimum Gasteiger partial charge on any atom is -0.384 e. The van der Waals surface area contributed by atoms with Gasteiger partial charge >= 0.3 is 0 Å². The molecule has 0 atom stereocenters. The monoisotopic (exact) mass is 298 g/mol. The van der Waals surface area contributed by atoms with E-state index in [1.807, 2.05) is 17.0 Å². The van der Waals surface area contributed by atoms with Crippen LogP contribution in [0.4, 0.5) is 5.69 Å². The van der Waals surface area contributed by atoms with Gasteiger partial charge in [-0.25, -0.2) is 0 Å². The van der Waals surface area contributed by atoms with Crippen LogP contribution in [0.25, 0.3) is 0 Å². The van der Waals surface area contributed by atoms with Crippen LogP contribution in [0.15, 0.2) is 35.0 Å². The van der Waals surface area contributed by atoms with E-state index in [2.05, 4.69) is 28.2 Å². The van der Waals surface area contributed by atoms with Gasteiger partial charge in [0, 0.05) is 30.4 Å². The second-order valence-corrected chi connectivity index (χ2v) is 6.62. The standard InChI is InChI=1S/C17H18N2OS/c20-17(14-2-1-13-5-7-18-16(13)9-14)19(15-3-4-15)10-12-6-8-21-11-12/h1-2,6,8-9,11,15,18H,3-5,7,10H2. The second kappa shape index (κ2) is 5.19. The molecule has 1 amide bonds. The lowest BCUT2D eigenvalue weighted by molar-refractivity contribution is 0.0730. The molecule has 4 heteroatoms. The fourth-order valence-corrected chi connectivity index (χ4v) is 3.58. The van der Waals surface area contributed by atoms with Gasteiger partial charge in [-0.2, -0.15) is 11.3 Å². The van der Waals surface area contributed by atoms with E-state index < -0.39 is 0 Å². The Balaban J connectivity index is 1.59. The molecule has 2 aromatic rings. The van der Waals surface area contributed by atoms with E-state index in [1.165, 1.54) is 11.1 Å². The van der Waals surface area contributed by atoms with Crippen molar-refractivity contribution in [2.45, 2.75) is 31.8 Å². The zero-order chi connectivity index (χ0) is 14.2. The molecule has 0 saturated heterocycles. The first kappa shape index (κ1) is 12.9. The molecule has 21 heavy (non-hydrogen) atoms. The predicted molar refractivity (Wildman–Crippen MR) is 85.9 cm³/mol. The van der Waals surface area contributed by atoms with Gasteiger partial charge in [0.25, 0.3) is 5.91 Å². The van der Waals surface area contributed by atoms with Crippen LogP contribution in [0.5, 0.6) is 0 Å². The maximum atomic E-state index is 12.9. The topological polar surface area (TPSA) is 32.3 Å². The number of rotatable bonds is 4. The molecule has 0 radical (unpaired) electrons. The lowest BCUT2D eigenvalue weighted by Crippen LogP contribution is -2.32. The number of thiophene rings is 1. The molecule has 1 aliphatic carbocycles. The van der Waals surface area contributed by atoms with Crippen LogP contribution in [0.1, 0.15) is 34.3 Å². The maximum absolute atomic E-state index is 12.9. The highest BCUT2D eigenvalue weighted by Crippen LogP contribution is 2.31. The third-order valence-corrected chi connectivity index (χ3v) is 4.98. The van der Waals surface area contributed by atoms with Crippen molar-refractivity contribution in [1.82, 2.24) is 4.90 Å². The third-order valence-electron chi connectivity index (χ3n) is 4.25. The van der Waals surface area contributed by atoms with Crippen LogP contribution < -0.4 is 5.32 Å². The highest BCUT2D eigenvalue weighted by Gasteiger charge is 2.33. The molecule has 2 heterocycles. The van der Waals surface area contributed by atoms with E-state index in [0.29, 0.717) is 6.04 Å². The quantitative estimate of drug-likeness (QED) is 0.936. The summed E-state index contributed by atoms with van der Waals surface area (Å²) in [5.41, 5.74) is 4.50. The Labute approximate surface area is 128 Å². The molecule has 1 fully saturated rings. The molecule has 0 bridgehead atoms. The Morgan fingerprint density at radius 3 is 3.00 bits per heavy atom. The lowest BCUT2D eigenvalue weighted by Gasteiger charge is -2.22. The number of fused-ring (bicyclic) bond motifs is 1. The minimum atomic E-state index is 0.167. The SMILES string of the molecule is O=C(c1ccc2c(c1)NCC2)N(Cc1ccsc1)C1CC1. The Morgan fingerprint density at radius 1 is 1.33 bits per heavy atom. The second-order valence-electron chi connectivity index (χ2n) is 5.84.